The van der Waals surface area contributed by atoms with Crippen LogP contribution in [0.5, 0.6) is 0 Å². The molecule has 0 aliphatic rings. The van der Waals surface area contributed by atoms with Gasteiger partial charge < -0.3 is 5.11 Å². The van der Waals surface area contributed by atoms with Crippen LogP contribution in [0.4, 0.5) is 0 Å². The number of benzene rings is 1. The topological polar surface area (TPSA) is 59.3 Å². The first-order valence-corrected chi connectivity index (χ1v) is 5.28. The van der Waals surface area contributed by atoms with Crippen molar-refractivity contribution >= 4 is 90.5 Å². The summed E-state index contributed by atoms with van der Waals surface area (Å²) in [5.41, 5.74) is 0.497. The van der Waals surface area contributed by atoms with Gasteiger partial charge >= 0.3 is 10.8 Å². The molecule has 0 bridgehead atoms. The number of halogens is 1. The van der Waals surface area contributed by atoms with Gasteiger partial charge in [0.25, 0.3) is 0 Å². The number of carboxylic acids is 1. The number of nitrogens with zero attached hydrogens (tertiary/aromatic N) is 1. The zero-order chi connectivity index (χ0) is 11.0. The molecule has 79 valence electrons. The van der Waals surface area contributed by atoms with Crippen molar-refractivity contribution in [2.45, 2.75) is 6.54 Å². The second-order valence-electron chi connectivity index (χ2n) is 2.93. The molecule has 0 amide bonds. The quantitative estimate of drug-likeness (QED) is 0.848. The van der Waals surface area contributed by atoms with Crippen LogP contribution in [-0.2, 0) is 11.3 Å². The van der Waals surface area contributed by atoms with Crippen LogP contribution in [-0.4, -0.2) is 67.0 Å². The summed E-state index contributed by atoms with van der Waals surface area (Å²) < 4.78 is 1.87. The van der Waals surface area contributed by atoms with Gasteiger partial charge in [0.15, 0.2) is 0 Å². The van der Waals surface area contributed by atoms with Gasteiger partial charge in [0.1, 0.15) is 6.54 Å². The third-order valence-electron chi connectivity index (χ3n) is 1.93. The molecule has 1 radical (unpaired) electrons. The summed E-state index contributed by atoms with van der Waals surface area (Å²) in [6.45, 7) is -0.359. The van der Waals surface area contributed by atoms with Crippen molar-refractivity contribution in [2.24, 2.45) is 0 Å². The fourth-order valence-corrected chi connectivity index (χ4v) is 2.61. The average Bonchev–Trinajstić information content (AvgIpc) is 2.43. The average molecular weight is 283 g/mol. The molecule has 1 N–H and O–H groups in total. The maximum Gasteiger partial charge on any atom is 0.323 e. The number of rotatable bonds is 2. The molecule has 16 heavy (non-hydrogen) atoms. The van der Waals surface area contributed by atoms with Crippen molar-refractivity contribution in [3.63, 3.8) is 0 Å². The largest absolute Gasteiger partial charge is 0.480 e. The Labute approximate surface area is 142 Å². The molecule has 0 aliphatic carbocycles. The van der Waals surface area contributed by atoms with Crippen LogP contribution in [0.2, 0.25) is 5.02 Å². The summed E-state index contributed by atoms with van der Waals surface area (Å²) in [6.07, 6.45) is 0. The molecule has 0 fully saturated rings. The first kappa shape index (κ1) is 14.4. The summed E-state index contributed by atoms with van der Waals surface area (Å²) in [6, 6.07) is 5.10. The fourth-order valence-electron chi connectivity index (χ4n) is 1.36. The second kappa shape index (κ2) is 5.77. The monoisotopic (exact) mass is 282 g/mol. The minimum atomic E-state index is -1.06. The molecular weight excluding hydrogens is 277 g/mol. The third-order valence-corrected chi connectivity index (χ3v) is 3.18. The maximum absolute atomic E-state index is 11.5. The van der Waals surface area contributed by atoms with E-state index in [2.05, 4.69) is 0 Å². The van der Waals surface area contributed by atoms with E-state index in [0.29, 0.717) is 15.2 Å². The molecule has 4 nitrogen and oxygen atoms in total. The van der Waals surface area contributed by atoms with Crippen LogP contribution in [0, 0.1) is 0 Å². The van der Waals surface area contributed by atoms with Crippen LogP contribution in [0.3, 0.4) is 0 Å². The number of hydrogen-bond acceptors (Lipinski definition) is 3. The third kappa shape index (κ3) is 2.76. The van der Waals surface area contributed by atoms with E-state index < -0.39 is 5.97 Å². The van der Waals surface area contributed by atoms with Crippen LogP contribution < -0.4 is 4.87 Å². The molecule has 0 atom stereocenters. The number of aliphatic carboxylic acids is 1. The molecule has 0 saturated carbocycles. The number of carboxylic acid groups (broad SMARTS) is 1. The van der Waals surface area contributed by atoms with Crippen molar-refractivity contribution in [2.75, 3.05) is 0 Å². The Morgan fingerprint density at radius 3 is 2.81 bits per heavy atom. The molecule has 0 unspecified atom stereocenters. The van der Waals surface area contributed by atoms with E-state index in [1.165, 1.54) is 4.57 Å². The number of thiazole rings is 1. The molecule has 0 aliphatic heterocycles. The van der Waals surface area contributed by atoms with E-state index >= 15 is 0 Å². The van der Waals surface area contributed by atoms with Gasteiger partial charge in [-0.05, 0) is 12.1 Å². The minimum absolute atomic E-state index is 0. The van der Waals surface area contributed by atoms with E-state index in [9.17, 15) is 9.59 Å². The van der Waals surface area contributed by atoms with Gasteiger partial charge in [0.2, 0.25) is 0 Å². The summed E-state index contributed by atoms with van der Waals surface area (Å²) in [5, 5.41) is 9.06. The Morgan fingerprint density at radius 2 is 2.19 bits per heavy atom. The molecule has 7 heteroatoms. The second-order valence-corrected chi connectivity index (χ2v) is 4.33. The molecule has 1 heterocycles. The molecule has 1 aromatic carbocycles. The molecular formula is C9H6ClKNO3S. The van der Waals surface area contributed by atoms with Gasteiger partial charge in [0.05, 0.1) is 15.2 Å². The van der Waals surface area contributed by atoms with Gasteiger partial charge in [-0.3, -0.25) is 14.2 Å². The van der Waals surface area contributed by atoms with Gasteiger partial charge in [-0.2, -0.15) is 0 Å². The summed E-state index contributed by atoms with van der Waals surface area (Å²) in [4.78, 5) is 21.8. The Morgan fingerprint density at radius 1 is 1.50 bits per heavy atom. The zero-order valence-corrected chi connectivity index (χ0v) is 13.1. The van der Waals surface area contributed by atoms with Crippen LogP contribution in [0.1, 0.15) is 0 Å². The van der Waals surface area contributed by atoms with Crippen LogP contribution >= 0.6 is 22.9 Å². The van der Waals surface area contributed by atoms with Crippen LogP contribution in [0.15, 0.2) is 23.0 Å². The Hall–Kier alpha value is 0.306. The normalized spacial score (nSPS) is 10.1. The Balaban J connectivity index is 0.00000128. The van der Waals surface area contributed by atoms with Gasteiger partial charge in [-0.25, -0.2) is 0 Å². The SMILES string of the molecule is O=C(O)Cn1c(=O)sc2cccc(Cl)c21.[K]. The predicted molar refractivity (Wildman–Crippen MR) is 64.5 cm³/mol. The van der Waals surface area contributed by atoms with E-state index in [0.717, 1.165) is 11.3 Å². The molecule has 1 aromatic heterocycles. The Bertz CT molecular complexity index is 592. The fraction of sp³-hybridized carbons (Fsp3) is 0.111. The number of carbonyl (C=O) groups is 1. The van der Waals surface area contributed by atoms with E-state index in [-0.39, 0.29) is 62.8 Å². The summed E-state index contributed by atoms with van der Waals surface area (Å²) in [7, 11) is 0. The zero-order valence-electron chi connectivity index (χ0n) is 8.44. The van der Waals surface area contributed by atoms with E-state index in [4.69, 9.17) is 16.7 Å². The molecule has 2 rings (SSSR count). The number of hydrogen-bond donors (Lipinski definition) is 1. The number of fused-ring (bicyclic) bond motifs is 1. The smallest absolute Gasteiger partial charge is 0.323 e. The molecule has 0 saturated heterocycles. The first-order chi connectivity index (χ1) is 7.09. The standard InChI is InChI=1S/C9H6ClNO3S.K/c10-5-2-1-3-6-8(5)11(4-7(12)13)9(14)15-6;/h1-3H,4H2,(H,12,13);. The van der Waals surface area contributed by atoms with Crippen molar-refractivity contribution in [3.8, 4) is 0 Å². The minimum Gasteiger partial charge on any atom is -0.480 e. The van der Waals surface area contributed by atoms with Crippen molar-refractivity contribution in [3.05, 3.63) is 32.9 Å². The Kier molecular flexibility index (Phi) is 5.18. The van der Waals surface area contributed by atoms with E-state index in [1.54, 1.807) is 18.2 Å². The summed E-state index contributed by atoms with van der Waals surface area (Å²) in [5.74, 6) is -1.06. The number of para-hydroxylation sites is 1. The number of aromatic nitrogens is 1. The van der Waals surface area contributed by atoms with Crippen LogP contribution in [0.25, 0.3) is 10.2 Å². The van der Waals surface area contributed by atoms with Gasteiger partial charge in [-0.15, -0.1) is 0 Å². The van der Waals surface area contributed by atoms with Crippen molar-refractivity contribution < 1.29 is 9.90 Å². The van der Waals surface area contributed by atoms with Gasteiger partial charge in [-0.1, -0.05) is 29.0 Å². The predicted octanol–water partition coefficient (Wildman–Crippen LogP) is 1.42. The first-order valence-electron chi connectivity index (χ1n) is 4.09. The molecule has 2 aromatic rings. The summed E-state index contributed by atoms with van der Waals surface area (Å²) >= 11 is 6.91. The van der Waals surface area contributed by atoms with Gasteiger partial charge in [0, 0.05) is 51.4 Å². The maximum atomic E-state index is 11.5. The van der Waals surface area contributed by atoms with Crippen molar-refractivity contribution in [1.29, 1.82) is 0 Å². The van der Waals surface area contributed by atoms with Crippen molar-refractivity contribution in [1.82, 2.24) is 4.57 Å². The van der Waals surface area contributed by atoms with E-state index in [1.807, 2.05) is 0 Å². The molecule has 0 spiro atoms.